The van der Waals surface area contributed by atoms with Crippen LogP contribution >= 0.6 is 0 Å². The Morgan fingerprint density at radius 1 is 1.47 bits per heavy atom. The van der Waals surface area contributed by atoms with Crippen molar-refractivity contribution in [3.63, 3.8) is 0 Å². The fourth-order valence-corrected chi connectivity index (χ4v) is 1.75. The van der Waals surface area contributed by atoms with Crippen LogP contribution in [0.2, 0.25) is 0 Å². The fraction of sp³-hybridized carbons (Fsp3) is 0.429. The van der Waals surface area contributed by atoms with Gasteiger partial charge in [-0.1, -0.05) is 17.9 Å². The van der Waals surface area contributed by atoms with E-state index in [1.165, 1.54) is 0 Å². The van der Waals surface area contributed by atoms with Crippen LogP contribution in [0.4, 0.5) is 0 Å². The molecule has 0 bridgehead atoms. The lowest BCUT2D eigenvalue weighted by Crippen LogP contribution is -2.11. The molecule has 1 aliphatic rings. The zero-order valence-electron chi connectivity index (χ0n) is 9.82. The molecule has 0 aromatic heterocycles. The summed E-state index contributed by atoms with van der Waals surface area (Å²) in [6, 6.07) is 7.79. The van der Waals surface area contributed by atoms with E-state index in [0.29, 0.717) is 19.1 Å². The minimum absolute atomic E-state index is 0.379. The molecule has 1 fully saturated rings. The molecule has 1 saturated heterocycles. The number of ether oxygens (including phenoxy) is 2. The van der Waals surface area contributed by atoms with E-state index in [1.807, 2.05) is 24.3 Å². The minimum Gasteiger partial charge on any atom is -0.493 e. The summed E-state index contributed by atoms with van der Waals surface area (Å²) in [5, 5.41) is 0. The van der Waals surface area contributed by atoms with E-state index in [0.717, 1.165) is 30.9 Å². The third kappa shape index (κ3) is 3.77. The summed E-state index contributed by atoms with van der Waals surface area (Å²) >= 11 is 0. The van der Waals surface area contributed by atoms with E-state index < -0.39 is 0 Å². The molecule has 1 aliphatic heterocycles. The standard InChI is InChI=1S/C14H17NO2/c15-7-2-4-12-3-1-5-14(9-12)17-11-13-6-8-16-10-13/h1,3,5,9,13H,6-8,10-11,15H2. The maximum atomic E-state index is 5.73. The van der Waals surface area contributed by atoms with E-state index in [2.05, 4.69) is 11.8 Å². The van der Waals surface area contributed by atoms with Gasteiger partial charge in [0.2, 0.25) is 0 Å². The molecule has 0 amide bonds. The third-order valence-corrected chi connectivity index (χ3v) is 2.68. The number of hydrogen-bond acceptors (Lipinski definition) is 3. The van der Waals surface area contributed by atoms with Crippen molar-refractivity contribution < 1.29 is 9.47 Å². The second-order valence-corrected chi connectivity index (χ2v) is 4.07. The van der Waals surface area contributed by atoms with Gasteiger partial charge in [0, 0.05) is 18.1 Å². The van der Waals surface area contributed by atoms with Crippen LogP contribution in [0, 0.1) is 17.8 Å². The molecule has 0 aliphatic carbocycles. The maximum Gasteiger partial charge on any atom is 0.120 e. The van der Waals surface area contributed by atoms with Crippen molar-refractivity contribution in [1.29, 1.82) is 0 Å². The van der Waals surface area contributed by atoms with Gasteiger partial charge in [0.05, 0.1) is 19.8 Å². The molecule has 90 valence electrons. The maximum absolute atomic E-state index is 5.73. The first-order chi connectivity index (χ1) is 8.38. The van der Waals surface area contributed by atoms with Crippen molar-refractivity contribution in [1.82, 2.24) is 0 Å². The van der Waals surface area contributed by atoms with Crippen LogP contribution in [0.5, 0.6) is 5.75 Å². The van der Waals surface area contributed by atoms with E-state index in [4.69, 9.17) is 15.2 Å². The van der Waals surface area contributed by atoms with Gasteiger partial charge in [-0.2, -0.15) is 0 Å². The van der Waals surface area contributed by atoms with E-state index >= 15 is 0 Å². The molecule has 1 atom stereocenters. The molecule has 17 heavy (non-hydrogen) atoms. The Morgan fingerprint density at radius 2 is 2.41 bits per heavy atom. The van der Waals surface area contributed by atoms with Crippen molar-refractivity contribution in [2.45, 2.75) is 6.42 Å². The molecule has 0 radical (unpaired) electrons. The van der Waals surface area contributed by atoms with E-state index in [1.54, 1.807) is 0 Å². The summed E-state index contributed by atoms with van der Waals surface area (Å²) in [7, 11) is 0. The van der Waals surface area contributed by atoms with Gasteiger partial charge in [0.25, 0.3) is 0 Å². The lowest BCUT2D eigenvalue weighted by Gasteiger charge is -2.10. The highest BCUT2D eigenvalue weighted by Gasteiger charge is 2.15. The van der Waals surface area contributed by atoms with Gasteiger partial charge in [0.1, 0.15) is 5.75 Å². The average Bonchev–Trinajstić information content (AvgIpc) is 2.87. The third-order valence-electron chi connectivity index (χ3n) is 2.68. The molecule has 1 aromatic carbocycles. The number of rotatable bonds is 3. The molecule has 2 rings (SSSR count). The molecule has 2 N–H and O–H groups in total. The van der Waals surface area contributed by atoms with Gasteiger partial charge in [-0.3, -0.25) is 0 Å². The molecule has 0 saturated carbocycles. The average molecular weight is 231 g/mol. The normalized spacial score (nSPS) is 18.5. The number of benzene rings is 1. The zero-order chi connectivity index (χ0) is 11.9. The first-order valence-corrected chi connectivity index (χ1v) is 5.88. The fourth-order valence-electron chi connectivity index (χ4n) is 1.75. The van der Waals surface area contributed by atoms with Crippen LogP contribution in [-0.4, -0.2) is 26.4 Å². The number of nitrogens with two attached hydrogens (primary N) is 1. The Kier molecular flexibility index (Phi) is 4.43. The quantitative estimate of drug-likeness (QED) is 0.800. The summed E-state index contributed by atoms with van der Waals surface area (Å²) in [6.07, 6.45) is 1.09. The Labute approximate surface area is 102 Å². The zero-order valence-corrected chi connectivity index (χ0v) is 9.82. The van der Waals surface area contributed by atoms with Crippen molar-refractivity contribution in [3.8, 4) is 17.6 Å². The van der Waals surface area contributed by atoms with Crippen LogP contribution in [-0.2, 0) is 4.74 Å². The lowest BCUT2D eigenvalue weighted by molar-refractivity contribution is 0.167. The van der Waals surface area contributed by atoms with Crippen LogP contribution in [0.3, 0.4) is 0 Å². The minimum atomic E-state index is 0.379. The molecule has 1 unspecified atom stereocenters. The molecule has 1 aromatic rings. The Hall–Kier alpha value is -1.50. The Morgan fingerprint density at radius 3 is 3.18 bits per heavy atom. The summed E-state index contributed by atoms with van der Waals surface area (Å²) in [6.45, 7) is 2.76. The van der Waals surface area contributed by atoms with E-state index in [9.17, 15) is 0 Å². The highest BCUT2D eigenvalue weighted by atomic mass is 16.5. The molecule has 1 heterocycles. The second kappa shape index (κ2) is 6.29. The van der Waals surface area contributed by atoms with Crippen LogP contribution < -0.4 is 10.5 Å². The SMILES string of the molecule is NCC#Cc1cccc(OCC2CCOC2)c1. The topological polar surface area (TPSA) is 44.5 Å². The van der Waals surface area contributed by atoms with Crippen molar-refractivity contribution >= 4 is 0 Å². The molecule has 3 heteroatoms. The van der Waals surface area contributed by atoms with Gasteiger partial charge in [-0.25, -0.2) is 0 Å². The highest BCUT2D eigenvalue weighted by Crippen LogP contribution is 2.17. The molecule has 0 spiro atoms. The van der Waals surface area contributed by atoms with Crippen LogP contribution in [0.1, 0.15) is 12.0 Å². The summed E-state index contributed by atoms with van der Waals surface area (Å²) in [5.41, 5.74) is 6.28. The summed E-state index contributed by atoms with van der Waals surface area (Å²) in [5.74, 6) is 7.21. The monoisotopic (exact) mass is 231 g/mol. The van der Waals surface area contributed by atoms with Gasteiger partial charge in [-0.15, -0.1) is 0 Å². The van der Waals surface area contributed by atoms with Crippen LogP contribution in [0.15, 0.2) is 24.3 Å². The smallest absolute Gasteiger partial charge is 0.120 e. The molecule has 3 nitrogen and oxygen atoms in total. The van der Waals surface area contributed by atoms with Gasteiger partial charge < -0.3 is 15.2 Å². The van der Waals surface area contributed by atoms with Crippen molar-refractivity contribution in [2.24, 2.45) is 11.7 Å². The van der Waals surface area contributed by atoms with E-state index in [-0.39, 0.29) is 0 Å². The second-order valence-electron chi connectivity index (χ2n) is 4.07. The summed E-state index contributed by atoms with van der Waals surface area (Å²) in [4.78, 5) is 0. The first kappa shape index (κ1) is 12.0. The van der Waals surface area contributed by atoms with Gasteiger partial charge >= 0.3 is 0 Å². The Balaban J connectivity index is 1.91. The Bertz CT molecular complexity index is 414. The summed E-state index contributed by atoms with van der Waals surface area (Å²) < 4.78 is 11.0. The highest BCUT2D eigenvalue weighted by molar-refractivity contribution is 5.39. The van der Waals surface area contributed by atoms with Gasteiger partial charge in [-0.05, 0) is 24.6 Å². The van der Waals surface area contributed by atoms with Crippen molar-refractivity contribution in [2.75, 3.05) is 26.4 Å². The molecular weight excluding hydrogens is 214 g/mol. The van der Waals surface area contributed by atoms with Gasteiger partial charge in [0.15, 0.2) is 0 Å². The largest absolute Gasteiger partial charge is 0.493 e. The van der Waals surface area contributed by atoms with Crippen molar-refractivity contribution in [3.05, 3.63) is 29.8 Å². The predicted molar refractivity (Wildman–Crippen MR) is 66.8 cm³/mol. The van der Waals surface area contributed by atoms with Crippen LogP contribution in [0.25, 0.3) is 0 Å². The number of hydrogen-bond donors (Lipinski definition) is 1. The first-order valence-electron chi connectivity index (χ1n) is 5.88. The molecular formula is C14H17NO2. The lowest BCUT2D eigenvalue weighted by atomic mass is 10.1. The predicted octanol–water partition coefficient (Wildman–Crippen LogP) is 1.41.